The van der Waals surface area contributed by atoms with E-state index in [0.717, 1.165) is 11.4 Å². The van der Waals surface area contributed by atoms with Crippen molar-refractivity contribution in [2.24, 2.45) is 0 Å². The molecular formula is C39H30N2. The normalized spacial score (nSPS) is 14.2. The molecule has 41 heavy (non-hydrogen) atoms. The fraction of sp³-hybridized carbons (Fsp3) is 0.0769. The predicted octanol–water partition coefficient (Wildman–Crippen LogP) is 10.9. The number of hydrogen-bond acceptors (Lipinski definition) is 2. The van der Waals surface area contributed by atoms with Crippen molar-refractivity contribution in [1.82, 2.24) is 0 Å². The molecule has 0 radical (unpaired) electrons. The van der Waals surface area contributed by atoms with Gasteiger partial charge in [0, 0.05) is 16.8 Å². The first kappa shape index (κ1) is 23.8. The van der Waals surface area contributed by atoms with E-state index in [1.54, 1.807) is 0 Å². The number of benzene rings is 6. The SMILES string of the molecule is CC1(C)c2ccccc2-c2ccc3c(c21)N(c1ccccc1)c1ccc(-c2ccccc2)cc1N3c1ccccc1. The molecule has 0 spiro atoms. The molecule has 0 unspecified atom stereocenters. The van der Waals surface area contributed by atoms with Gasteiger partial charge < -0.3 is 9.80 Å². The molecule has 8 rings (SSSR count). The Bertz CT molecular complexity index is 1910. The van der Waals surface area contributed by atoms with E-state index >= 15 is 0 Å². The van der Waals surface area contributed by atoms with Gasteiger partial charge >= 0.3 is 0 Å². The summed E-state index contributed by atoms with van der Waals surface area (Å²) in [5.74, 6) is 0. The first-order valence-electron chi connectivity index (χ1n) is 14.3. The van der Waals surface area contributed by atoms with Gasteiger partial charge in [-0.05, 0) is 75.8 Å². The fourth-order valence-electron chi connectivity index (χ4n) is 6.89. The van der Waals surface area contributed by atoms with Gasteiger partial charge in [-0.15, -0.1) is 0 Å². The highest BCUT2D eigenvalue weighted by molar-refractivity contribution is 6.06. The monoisotopic (exact) mass is 526 g/mol. The van der Waals surface area contributed by atoms with Crippen LogP contribution in [0, 0.1) is 0 Å². The molecule has 2 heteroatoms. The lowest BCUT2D eigenvalue weighted by Crippen LogP contribution is -2.28. The van der Waals surface area contributed by atoms with Crippen LogP contribution < -0.4 is 9.80 Å². The van der Waals surface area contributed by atoms with Crippen molar-refractivity contribution in [1.29, 1.82) is 0 Å². The van der Waals surface area contributed by atoms with E-state index in [4.69, 9.17) is 0 Å². The number of hydrogen-bond donors (Lipinski definition) is 0. The van der Waals surface area contributed by atoms with Crippen molar-refractivity contribution in [2.45, 2.75) is 19.3 Å². The zero-order valence-electron chi connectivity index (χ0n) is 23.3. The van der Waals surface area contributed by atoms with Crippen molar-refractivity contribution in [3.05, 3.63) is 157 Å². The molecule has 1 heterocycles. The van der Waals surface area contributed by atoms with Gasteiger partial charge in [-0.1, -0.05) is 117 Å². The van der Waals surface area contributed by atoms with Crippen LogP contribution in [0.25, 0.3) is 22.3 Å². The quantitative estimate of drug-likeness (QED) is 0.226. The largest absolute Gasteiger partial charge is 0.306 e. The summed E-state index contributed by atoms with van der Waals surface area (Å²) in [4.78, 5) is 4.95. The average Bonchev–Trinajstić information content (AvgIpc) is 3.27. The third-order valence-electron chi connectivity index (χ3n) is 8.73. The predicted molar refractivity (Wildman–Crippen MR) is 172 cm³/mol. The lowest BCUT2D eigenvalue weighted by atomic mass is 9.80. The van der Waals surface area contributed by atoms with Gasteiger partial charge in [-0.25, -0.2) is 0 Å². The summed E-state index contributed by atoms with van der Waals surface area (Å²) in [6.45, 7) is 4.75. The zero-order valence-corrected chi connectivity index (χ0v) is 23.3. The molecule has 0 N–H and O–H groups in total. The van der Waals surface area contributed by atoms with E-state index in [-0.39, 0.29) is 5.41 Å². The standard InChI is InChI=1S/C39H30N2/c1-39(2)33-21-13-12-20-31(33)32-23-25-35-38(37(32)39)41(30-18-10-5-11-19-30)34-24-22-28(27-14-6-3-7-15-27)26-36(34)40(35)29-16-8-4-9-17-29/h3-26H,1-2H3. The molecule has 0 amide bonds. The molecule has 0 saturated carbocycles. The lowest BCUT2D eigenvalue weighted by molar-refractivity contribution is 0.660. The Hall–Kier alpha value is -5.08. The minimum atomic E-state index is -0.159. The van der Waals surface area contributed by atoms with Crippen molar-refractivity contribution < 1.29 is 0 Å². The van der Waals surface area contributed by atoms with Gasteiger partial charge in [-0.3, -0.25) is 0 Å². The Morgan fingerprint density at radius 2 is 1.02 bits per heavy atom. The second kappa shape index (κ2) is 8.97. The van der Waals surface area contributed by atoms with E-state index < -0.39 is 0 Å². The van der Waals surface area contributed by atoms with Gasteiger partial charge in [0.25, 0.3) is 0 Å². The molecule has 0 fully saturated rings. The Balaban J connectivity index is 1.48. The summed E-state index contributed by atoms with van der Waals surface area (Å²) in [6.07, 6.45) is 0. The van der Waals surface area contributed by atoms with Crippen molar-refractivity contribution in [3.8, 4) is 22.3 Å². The van der Waals surface area contributed by atoms with Crippen molar-refractivity contribution >= 4 is 34.1 Å². The van der Waals surface area contributed by atoms with Gasteiger partial charge in [0.15, 0.2) is 0 Å². The summed E-state index contributed by atoms with van der Waals surface area (Å²) in [5.41, 5.74) is 14.8. The summed E-state index contributed by atoms with van der Waals surface area (Å²) < 4.78 is 0. The molecule has 2 nitrogen and oxygen atoms in total. The lowest BCUT2D eigenvalue weighted by Gasteiger charge is -2.43. The highest BCUT2D eigenvalue weighted by atomic mass is 15.3. The molecule has 6 aromatic carbocycles. The topological polar surface area (TPSA) is 6.48 Å². The van der Waals surface area contributed by atoms with Crippen LogP contribution in [0.3, 0.4) is 0 Å². The molecule has 2 aliphatic rings. The number of anilines is 6. The molecule has 0 bridgehead atoms. The van der Waals surface area contributed by atoms with Crippen molar-refractivity contribution in [3.63, 3.8) is 0 Å². The highest BCUT2D eigenvalue weighted by Gasteiger charge is 2.43. The van der Waals surface area contributed by atoms with Gasteiger partial charge in [0.2, 0.25) is 0 Å². The number of rotatable bonds is 3. The Morgan fingerprint density at radius 1 is 0.439 bits per heavy atom. The molecule has 6 aromatic rings. The van der Waals surface area contributed by atoms with E-state index in [2.05, 4.69) is 169 Å². The molecule has 0 saturated heterocycles. The molecular weight excluding hydrogens is 496 g/mol. The number of nitrogens with zero attached hydrogens (tertiary/aromatic N) is 2. The van der Waals surface area contributed by atoms with Crippen LogP contribution in [-0.2, 0) is 5.41 Å². The smallest absolute Gasteiger partial charge is 0.0750 e. The van der Waals surface area contributed by atoms with Crippen LogP contribution >= 0.6 is 0 Å². The van der Waals surface area contributed by atoms with Gasteiger partial charge in [0.05, 0.1) is 22.7 Å². The average molecular weight is 527 g/mol. The fourth-order valence-corrected chi connectivity index (χ4v) is 6.89. The Kier molecular flexibility index (Phi) is 5.20. The Morgan fingerprint density at radius 3 is 1.73 bits per heavy atom. The highest BCUT2D eigenvalue weighted by Crippen LogP contribution is 2.62. The van der Waals surface area contributed by atoms with Crippen LogP contribution in [0.2, 0.25) is 0 Å². The van der Waals surface area contributed by atoms with E-state index in [9.17, 15) is 0 Å². The maximum Gasteiger partial charge on any atom is 0.0750 e. The molecule has 0 atom stereocenters. The van der Waals surface area contributed by atoms with Crippen LogP contribution in [0.1, 0.15) is 25.0 Å². The first-order chi connectivity index (χ1) is 20.1. The van der Waals surface area contributed by atoms with E-state index in [1.165, 1.54) is 56.1 Å². The third-order valence-corrected chi connectivity index (χ3v) is 8.73. The summed E-state index contributed by atoms with van der Waals surface area (Å²) in [7, 11) is 0. The van der Waals surface area contributed by atoms with Crippen LogP contribution in [-0.4, -0.2) is 0 Å². The molecule has 0 aromatic heterocycles. The van der Waals surface area contributed by atoms with Crippen LogP contribution in [0.4, 0.5) is 34.1 Å². The maximum absolute atomic E-state index is 2.49. The molecule has 1 aliphatic heterocycles. The van der Waals surface area contributed by atoms with Crippen molar-refractivity contribution in [2.75, 3.05) is 9.80 Å². The third kappa shape index (κ3) is 3.50. The molecule has 196 valence electrons. The second-order valence-electron chi connectivity index (χ2n) is 11.4. The molecule has 1 aliphatic carbocycles. The minimum Gasteiger partial charge on any atom is -0.306 e. The first-order valence-corrected chi connectivity index (χ1v) is 14.3. The van der Waals surface area contributed by atoms with Gasteiger partial charge in [-0.2, -0.15) is 0 Å². The Labute approximate surface area is 241 Å². The summed E-state index contributed by atoms with van der Waals surface area (Å²) in [5, 5.41) is 0. The van der Waals surface area contributed by atoms with E-state index in [0.29, 0.717) is 0 Å². The second-order valence-corrected chi connectivity index (χ2v) is 11.4. The summed E-state index contributed by atoms with van der Waals surface area (Å²) >= 11 is 0. The van der Waals surface area contributed by atoms with Gasteiger partial charge in [0.1, 0.15) is 0 Å². The summed E-state index contributed by atoms with van der Waals surface area (Å²) in [6, 6.07) is 52.8. The maximum atomic E-state index is 2.49. The zero-order chi connectivity index (χ0) is 27.6. The van der Waals surface area contributed by atoms with E-state index in [1.807, 2.05) is 0 Å². The van der Waals surface area contributed by atoms with Crippen LogP contribution in [0.15, 0.2) is 146 Å². The van der Waals surface area contributed by atoms with Crippen LogP contribution in [0.5, 0.6) is 0 Å². The number of fused-ring (bicyclic) bond motifs is 6. The number of para-hydroxylation sites is 2. The minimum absolute atomic E-state index is 0.159.